The summed E-state index contributed by atoms with van der Waals surface area (Å²) in [4.78, 5) is 18.5. The van der Waals surface area contributed by atoms with Gasteiger partial charge in [0.1, 0.15) is 16.8 Å². The fourth-order valence-electron chi connectivity index (χ4n) is 2.84. The molecule has 1 aliphatic heterocycles. The average Bonchev–Trinajstić information content (AvgIpc) is 3.40. The molecule has 0 aliphatic carbocycles. The number of aromatic nitrogens is 3. The van der Waals surface area contributed by atoms with Crippen LogP contribution in [0.1, 0.15) is 5.76 Å². The Balaban J connectivity index is 1.46. The second-order valence-corrected chi connectivity index (χ2v) is 8.20. The number of rotatable bonds is 7. The van der Waals surface area contributed by atoms with Crippen molar-refractivity contribution in [3.63, 3.8) is 0 Å². The summed E-state index contributed by atoms with van der Waals surface area (Å²) in [6.07, 6.45) is 1.52. The molecule has 1 fully saturated rings. The highest BCUT2D eigenvalue weighted by Crippen LogP contribution is 2.21. The molecule has 0 radical (unpaired) electrons. The Morgan fingerprint density at radius 2 is 2.07 bits per heavy atom. The number of carbonyl (C=O) groups excluding carboxylic acids is 1. The van der Waals surface area contributed by atoms with Gasteiger partial charge in [-0.2, -0.15) is 4.31 Å². The maximum absolute atomic E-state index is 12.8. The van der Waals surface area contributed by atoms with Crippen LogP contribution in [-0.4, -0.2) is 66.7 Å². The molecule has 1 amide bonds. The number of nitrogens with one attached hydrogen (secondary N) is 1. The molecule has 1 aromatic carbocycles. The summed E-state index contributed by atoms with van der Waals surface area (Å²) in [7, 11) is -3.67. The predicted octanol–water partition coefficient (Wildman–Crippen LogP) is -0.210. The van der Waals surface area contributed by atoms with Gasteiger partial charge >= 0.3 is 0 Å². The van der Waals surface area contributed by atoms with Gasteiger partial charge in [0.25, 0.3) is 5.91 Å². The molecule has 12 heteroatoms. The summed E-state index contributed by atoms with van der Waals surface area (Å²) in [5.74, 6) is 0.227. The molecule has 1 saturated heterocycles. The third-order valence-electron chi connectivity index (χ3n) is 4.35. The van der Waals surface area contributed by atoms with Crippen LogP contribution in [0.3, 0.4) is 0 Å². The van der Waals surface area contributed by atoms with E-state index < -0.39 is 10.0 Å². The zero-order chi connectivity index (χ0) is 20.3. The van der Waals surface area contributed by atoms with Crippen molar-refractivity contribution in [2.75, 3.05) is 32.9 Å². The van der Waals surface area contributed by atoms with Crippen molar-refractivity contribution >= 4 is 27.0 Å². The number of hydrogen-bond donors (Lipinski definition) is 1. The molecule has 2 aromatic heterocycles. The quantitative estimate of drug-likeness (QED) is 0.555. The highest BCUT2D eigenvalue weighted by molar-refractivity contribution is 7.89. The predicted molar refractivity (Wildman–Crippen MR) is 99.1 cm³/mol. The van der Waals surface area contributed by atoms with E-state index >= 15 is 0 Å². The number of furan rings is 1. The lowest BCUT2D eigenvalue weighted by molar-refractivity contribution is -0.126. The van der Waals surface area contributed by atoms with Gasteiger partial charge in [0.05, 0.1) is 30.9 Å². The highest BCUT2D eigenvalue weighted by atomic mass is 32.2. The topological polar surface area (TPSA) is 129 Å². The third kappa shape index (κ3) is 4.23. The molecule has 0 atom stereocenters. The minimum atomic E-state index is -3.67. The second kappa shape index (κ2) is 8.19. The van der Waals surface area contributed by atoms with Crippen LogP contribution in [0, 0.1) is 0 Å². The van der Waals surface area contributed by atoms with Gasteiger partial charge in [-0.25, -0.2) is 8.42 Å². The number of nitrogens with zero attached hydrogens (tertiary/aromatic N) is 4. The van der Waals surface area contributed by atoms with Gasteiger partial charge in [0, 0.05) is 13.1 Å². The molecular formula is C17H19N5O6S. The molecule has 0 saturated carbocycles. The summed E-state index contributed by atoms with van der Waals surface area (Å²) in [6.45, 7) is 1.22. The van der Waals surface area contributed by atoms with E-state index in [1.807, 2.05) is 0 Å². The normalized spacial score (nSPS) is 15.4. The summed E-state index contributed by atoms with van der Waals surface area (Å²) < 4.78 is 37.4. The maximum atomic E-state index is 12.8. The number of morpholine rings is 1. The fourth-order valence-corrected chi connectivity index (χ4v) is 4.27. The van der Waals surface area contributed by atoms with Crippen LogP contribution in [0.4, 0.5) is 0 Å². The van der Waals surface area contributed by atoms with E-state index in [0.29, 0.717) is 43.1 Å². The molecule has 3 aromatic rings. The lowest BCUT2D eigenvalue weighted by atomic mass is 10.3. The zero-order valence-corrected chi connectivity index (χ0v) is 16.2. The molecule has 11 nitrogen and oxygen atoms in total. The van der Waals surface area contributed by atoms with Crippen LogP contribution in [-0.2, 0) is 26.1 Å². The van der Waals surface area contributed by atoms with Crippen molar-refractivity contribution in [2.45, 2.75) is 11.4 Å². The van der Waals surface area contributed by atoms with Gasteiger partial charge < -0.3 is 19.3 Å². The van der Waals surface area contributed by atoms with E-state index in [-0.39, 0.29) is 24.0 Å². The molecule has 0 unspecified atom stereocenters. The Morgan fingerprint density at radius 3 is 2.83 bits per heavy atom. The van der Waals surface area contributed by atoms with Gasteiger partial charge in [-0.15, -0.1) is 5.10 Å². The van der Waals surface area contributed by atoms with Crippen molar-refractivity contribution in [3.8, 4) is 0 Å². The summed E-state index contributed by atoms with van der Waals surface area (Å²) >= 11 is 0. The lowest BCUT2D eigenvalue weighted by Crippen LogP contribution is -2.40. The van der Waals surface area contributed by atoms with E-state index in [1.54, 1.807) is 18.2 Å². The van der Waals surface area contributed by atoms with Crippen molar-refractivity contribution in [1.29, 1.82) is 0 Å². The van der Waals surface area contributed by atoms with Crippen LogP contribution in [0.5, 0.6) is 0 Å². The first kappa shape index (κ1) is 19.4. The Labute approximate surface area is 166 Å². The Kier molecular flexibility index (Phi) is 5.47. The SMILES string of the molecule is O=C(COn1nnc2ccc(S(=O)(=O)N3CCOCC3)cc21)NCc1ccco1. The number of hydrogen-bond acceptors (Lipinski definition) is 8. The Hall–Kier alpha value is -2.96. The van der Waals surface area contributed by atoms with E-state index in [0.717, 1.165) is 4.85 Å². The first-order chi connectivity index (χ1) is 14.0. The number of carbonyl (C=O) groups is 1. The first-order valence-corrected chi connectivity index (χ1v) is 10.3. The van der Waals surface area contributed by atoms with Crippen molar-refractivity contribution in [1.82, 2.24) is 24.8 Å². The molecule has 29 heavy (non-hydrogen) atoms. The molecule has 154 valence electrons. The second-order valence-electron chi connectivity index (χ2n) is 6.26. The average molecular weight is 421 g/mol. The maximum Gasteiger partial charge on any atom is 0.261 e. The minimum Gasteiger partial charge on any atom is -0.467 e. The number of sulfonamides is 1. The number of amides is 1. The van der Waals surface area contributed by atoms with Crippen molar-refractivity contribution in [2.24, 2.45) is 0 Å². The van der Waals surface area contributed by atoms with Crippen LogP contribution in [0.25, 0.3) is 11.0 Å². The van der Waals surface area contributed by atoms with Gasteiger partial charge in [0.15, 0.2) is 6.61 Å². The number of fused-ring (bicyclic) bond motifs is 1. The molecule has 0 spiro atoms. The van der Waals surface area contributed by atoms with Crippen LogP contribution in [0.2, 0.25) is 0 Å². The molecule has 3 heterocycles. The molecule has 1 N–H and O–H groups in total. The summed E-state index contributed by atoms with van der Waals surface area (Å²) in [6, 6.07) is 7.92. The van der Waals surface area contributed by atoms with Crippen LogP contribution < -0.4 is 10.2 Å². The van der Waals surface area contributed by atoms with E-state index in [2.05, 4.69) is 15.6 Å². The third-order valence-corrected chi connectivity index (χ3v) is 6.25. The number of ether oxygens (including phenoxy) is 1. The molecule has 1 aliphatic rings. The van der Waals surface area contributed by atoms with Gasteiger partial charge in [-0.1, -0.05) is 4.85 Å². The van der Waals surface area contributed by atoms with E-state index in [9.17, 15) is 13.2 Å². The molecule has 0 bridgehead atoms. The standard InChI is InChI=1S/C17H19N5O6S/c23-17(18-11-13-2-1-7-27-13)12-28-22-16-10-14(3-4-15(16)19-20-22)29(24,25)21-5-8-26-9-6-21/h1-4,7,10H,5-6,8-9,11-12H2,(H,18,23). The van der Waals surface area contributed by atoms with Gasteiger partial charge in [-0.05, 0) is 35.5 Å². The van der Waals surface area contributed by atoms with E-state index in [1.165, 1.54) is 22.7 Å². The Bertz CT molecular complexity index is 1090. The summed E-state index contributed by atoms with van der Waals surface area (Å²) in [5, 5.41) is 10.4. The first-order valence-electron chi connectivity index (χ1n) is 8.90. The largest absolute Gasteiger partial charge is 0.467 e. The monoisotopic (exact) mass is 421 g/mol. The van der Waals surface area contributed by atoms with Crippen LogP contribution in [0.15, 0.2) is 45.9 Å². The minimum absolute atomic E-state index is 0.0984. The highest BCUT2D eigenvalue weighted by Gasteiger charge is 2.27. The lowest BCUT2D eigenvalue weighted by Gasteiger charge is -2.26. The van der Waals surface area contributed by atoms with Crippen molar-refractivity contribution in [3.05, 3.63) is 42.4 Å². The fraction of sp³-hybridized carbons (Fsp3) is 0.353. The Morgan fingerprint density at radius 1 is 1.24 bits per heavy atom. The van der Waals surface area contributed by atoms with Gasteiger partial charge in [0.2, 0.25) is 10.0 Å². The van der Waals surface area contributed by atoms with Crippen molar-refractivity contribution < 1.29 is 27.2 Å². The summed E-state index contributed by atoms with van der Waals surface area (Å²) in [5.41, 5.74) is 0.792. The zero-order valence-electron chi connectivity index (χ0n) is 15.4. The molecule has 4 rings (SSSR count). The van der Waals surface area contributed by atoms with Crippen LogP contribution >= 0.6 is 0 Å². The van der Waals surface area contributed by atoms with Gasteiger partial charge in [-0.3, -0.25) is 4.79 Å². The molecular weight excluding hydrogens is 402 g/mol. The number of benzene rings is 1. The smallest absolute Gasteiger partial charge is 0.261 e. The van der Waals surface area contributed by atoms with E-state index in [4.69, 9.17) is 14.0 Å².